The van der Waals surface area contributed by atoms with E-state index in [-0.39, 0.29) is 4.90 Å². The number of aryl methyl sites for hydroxylation is 1. The molecule has 1 atom stereocenters. The van der Waals surface area contributed by atoms with Gasteiger partial charge in [-0.2, -0.15) is 13.2 Å². The second kappa shape index (κ2) is 3.58. The van der Waals surface area contributed by atoms with Crippen molar-refractivity contribution >= 4 is 21.8 Å². The lowest BCUT2D eigenvalue weighted by Gasteiger charge is -2.05. The van der Waals surface area contributed by atoms with Gasteiger partial charge in [0.05, 0.1) is 22.3 Å². The highest BCUT2D eigenvalue weighted by Gasteiger charge is 2.38. The largest absolute Gasteiger partial charge is 0.475 e. The fourth-order valence-electron chi connectivity index (χ4n) is 1.36. The van der Waals surface area contributed by atoms with Crippen LogP contribution in [0.3, 0.4) is 0 Å². The van der Waals surface area contributed by atoms with Gasteiger partial charge in [0.1, 0.15) is 0 Å². The first-order chi connectivity index (χ1) is 7.39. The Morgan fingerprint density at radius 1 is 1.38 bits per heavy atom. The molecule has 3 nitrogen and oxygen atoms in total. The van der Waals surface area contributed by atoms with Gasteiger partial charge < -0.3 is 4.57 Å². The number of benzene rings is 1. The molecule has 0 bridgehead atoms. The summed E-state index contributed by atoms with van der Waals surface area (Å²) >= 11 is 0. The smallest absolute Gasteiger partial charge is 0.334 e. The highest BCUT2D eigenvalue weighted by Crippen LogP contribution is 2.27. The minimum absolute atomic E-state index is 0.279. The Bertz CT molecular complexity index is 561. The van der Waals surface area contributed by atoms with Crippen molar-refractivity contribution < 1.29 is 17.4 Å². The molecule has 86 valence electrons. The van der Waals surface area contributed by atoms with E-state index in [0.29, 0.717) is 11.0 Å². The Balaban J connectivity index is 2.52. The van der Waals surface area contributed by atoms with Gasteiger partial charge >= 0.3 is 5.51 Å². The van der Waals surface area contributed by atoms with E-state index in [1.165, 1.54) is 24.5 Å². The van der Waals surface area contributed by atoms with Crippen LogP contribution in [-0.2, 0) is 17.8 Å². The molecule has 0 N–H and O–H groups in total. The zero-order valence-electron chi connectivity index (χ0n) is 8.15. The normalized spacial score (nSPS) is 14.2. The van der Waals surface area contributed by atoms with Crippen LogP contribution < -0.4 is 0 Å². The summed E-state index contributed by atoms with van der Waals surface area (Å²) in [5.41, 5.74) is -3.64. The lowest BCUT2D eigenvalue weighted by Crippen LogP contribution is -2.16. The third-order valence-corrected chi connectivity index (χ3v) is 3.22. The zero-order chi connectivity index (χ0) is 11.9. The van der Waals surface area contributed by atoms with Gasteiger partial charge in [-0.1, -0.05) is 0 Å². The van der Waals surface area contributed by atoms with Crippen molar-refractivity contribution in [3.8, 4) is 0 Å². The van der Waals surface area contributed by atoms with E-state index >= 15 is 0 Å². The Morgan fingerprint density at radius 3 is 2.69 bits per heavy atom. The van der Waals surface area contributed by atoms with Crippen LogP contribution in [0.5, 0.6) is 0 Å². The molecule has 1 aromatic heterocycles. The molecule has 1 aromatic carbocycles. The second-order valence-electron chi connectivity index (χ2n) is 3.22. The van der Waals surface area contributed by atoms with Gasteiger partial charge in [-0.05, 0) is 18.2 Å². The van der Waals surface area contributed by atoms with Crippen molar-refractivity contribution in [3.63, 3.8) is 0 Å². The van der Waals surface area contributed by atoms with E-state index in [0.717, 1.165) is 0 Å². The Morgan fingerprint density at radius 2 is 2.06 bits per heavy atom. The molecule has 0 saturated carbocycles. The number of hydrogen-bond donors (Lipinski definition) is 0. The third kappa shape index (κ3) is 1.82. The Labute approximate surface area is 91.4 Å². The standard InChI is InChI=1S/C9H7F3N2OS/c1-14-5-13-7-4-6(2-3-8(7)14)16(15)9(10,11)12/h2-5H,1H3. The Kier molecular flexibility index (Phi) is 2.49. The lowest BCUT2D eigenvalue weighted by atomic mass is 10.3. The quantitative estimate of drug-likeness (QED) is 0.775. The summed E-state index contributed by atoms with van der Waals surface area (Å²) in [6, 6.07) is 3.87. The molecule has 0 spiro atoms. The molecule has 0 fully saturated rings. The number of hydrogen-bond acceptors (Lipinski definition) is 2. The molecule has 0 aliphatic heterocycles. The molecule has 0 aliphatic carbocycles. The highest BCUT2D eigenvalue weighted by atomic mass is 32.2. The van der Waals surface area contributed by atoms with Crippen LogP contribution >= 0.6 is 0 Å². The first kappa shape index (κ1) is 11.1. The summed E-state index contributed by atoms with van der Waals surface area (Å²) in [6.07, 6.45) is 1.49. The molecule has 7 heteroatoms. The maximum atomic E-state index is 12.2. The van der Waals surface area contributed by atoms with Crippen molar-refractivity contribution in [1.82, 2.24) is 9.55 Å². The first-order valence-corrected chi connectivity index (χ1v) is 5.44. The van der Waals surface area contributed by atoms with Crippen molar-refractivity contribution in [1.29, 1.82) is 0 Å². The molecule has 1 unspecified atom stereocenters. The molecule has 0 saturated heterocycles. The minimum atomic E-state index is -4.73. The van der Waals surface area contributed by atoms with Gasteiger partial charge in [-0.3, -0.25) is 0 Å². The van der Waals surface area contributed by atoms with E-state index in [1.54, 1.807) is 11.6 Å². The molecule has 1 heterocycles. The number of fused-ring (bicyclic) bond motifs is 1. The number of rotatable bonds is 1. The average Bonchev–Trinajstić information content (AvgIpc) is 2.57. The fourth-order valence-corrected chi connectivity index (χ4v) is 2.04. The highest BCUT2D eigenvalue weighted by molar-refractivity contribution is 7.86. The predicted octanol–water partition coefficient (Wildman–Crippen LogP) is 2.20. The molecule has 2 aromatic rings. The average molecular weight is 248 g/mol. The number of halogens is 3. The van der Waals surface area contributed by atoms with Crippen LogP contribution in [0, 0.1) is 0 Å². The molecular formula is C9H7F3N2OS. The maximum absolute atomic E-state index is 12.2. The molecule has 2 rings (SSSR count). The molecular weight excluding hydrogens is 241 g/mol. The molecule has 0 radical (unpaired) electrons. The Hall–Kier alpha value is -1.37. The van der Waals surface area contributed by atoms with Crippen LogP contribution in [0.4, 0.5) is 13.2 Å². The SMILES string of the molecule is Cn1cnc2cc(S(=O)C(F)(F)F)ccc21. The summed E-state index contributed by atoms with van der Waals surface area (Å²) in [5, 5.41) is 0. The monoisotopic (exact) mass is 248 g/mol. The molecule has 0 amide bonds. The topological polar surface area (TPSA) is 34.9 Å². The van der Waals surface area contributed by atoms with Gasteiger partial charge in [-0.25, -0.2) is 9.19 Å². The summed E-state index contributed by atoms with van der Waals surface area (Å²) in [5.74, 6) is 0. The van der Waals surface area contributed by atoms with Gasteiger partial charge in [0.25, 0.3) is 0 Å². The van der Waals surface area contributed by atoms with E-state index in [4.69, 9.17) is 0 Å². The van der Waals surface area contributed by atoms with Crippen molar-refractivity contribution in [2.75, 3.05) is 0 Å². The number of nitrogens with zero attached hydrogens (tertiary/aromatic N) is 2. The third-order valence-electron chi connectivity index (χ3n) is 2.12. The van der Waals surface area contributed by atoms with E-state index < -0.39 is 16.3 Å². The van der Waals surface area contributed by atoms with Gasteiger partial charge in [0, 0.05) is 7.05 Å². The second-order valence-corrected chi connectivity index (χ2v) is 4.69. The zero-order valence-corrected chi connectivity index (χ0v) is 8.97. The number of imidazole rings is 1. The fraction of sp³-hybridized carbons (Fsp3) is 0.222. The summed E-state index contributed by atoms with van der Waals surface area (Å²) in [4.78, 5) is 3.63. The number of aromatic nitrogens is 2. The summed E-state index contributed by atoms with van der Waals surface area (Å²) in [6.45, 7) is 0. The van der Waals surface area contributed by atoms with Gasteiger partial charge in [0.15, 0.2) is 10.8 Å². The molecule has 0 aliphatic rings. The van der Waals surface area contributed by atoms with Crippen LogP contribution in [0.2, 0.25) is 0 Å². The van der Waals surface area contributed by atoms with Crippen LogP contribution in [0.1, 0.15) is 0 Å². The molecule has 16 heavy (non-hydrogen) atoms. The van der Waals surface area contributed by atoms with Crippen LogP contribution in [-0.4, -0.2) is 19.3 Å². The van der Waals surface area contributed by atoms with Crippen LogP contribution in [0.15, 0.2) is 29.4 Å². The van der Waals surface area contributed by atoms with Crippen molar-refractivity contribution in [2.24, 2.45) is 7.05 Å². The maximum Gasteiger partial charge on any atom is 0.475 e. The lowest BCUT2D eigenvalue weighted by molar-refractivity contribution is -0.0384. The number of alkyl halides is 3. The van der Waals surface area contributed by atoms with E-state index in [1.807, 2.05) is 0 Å². The van der Waals surface area contributed by atoms with Crippen molar-refractivity contribution in [2.45, 2.75) is 10.4 Å². The van der Waals surface area contributed by atoms with Crippen LogP contribution in [0.25, 0.3) is 11.0 Å². The van der Waals surface area contributed by atoms with Gasteiger partial charge in [0.2, 0.25) is 0 Å². The van der Waals surface area contributed by atoms with Crippen molar-refractivity contribution in [3.05, 3.63) is 24.5 Å². The van der Waals surface area contributed by atoms with Gasteiger partial charge in [-0.15, -0.1) is 0 Å². The predicted molar refractivity (Wildman–Crippen MR) is 53.2 cm³/mol. The van der Waals surface area contributed by atoms with E-state index in [9.17, 15) is 17.4 Å². The summed E-state index contributed by atoms with van der Waals surface area (Å²) < 4.78 is 49.4. The minimum Gasteiger partial charge on any atom is -0.334 e. The van der Waals surface area contributed by atoms with E-state index in [2.05, 4.69) is 4.98 Å². The first-order valence-electron chi connectivity index (χ1n) is 4.29. The summed E-state index contributed by atoms with van der Waals surface area (Å²) in [7, 11) is -1.26.